The lowest BCUT2D eigenvalue weighted by Gasteiger charge is -2.14. The zero-order chi connectivity index (χ0) is 61.7. The largest absolute Gasteiger partial charge is 0.457 e. The lowest BCUT2D eigenvalue weighted by Crippen LogP contribution is -2.21. The molecule has 10 aromatic rings. The lowest BCUT2D eigenvalue weighted by atomic mass is 9.92. The number of carbonyl (C=O) groups excluding carboxylic acids is 4. The van der Waals surface area contributed by atoms with E-state index in [0.29, 0.717) is 63.9 Å². The number of nitrogen functional groups attached to an aromatic ring is 1. The molecule has 0 saturated carbocycles. The Morgan fingerprint density at radius 2 is 0.965 bits per heavy atom. The van der Waals surface area contributed by atoms with Crippen molar-refractivity contribution in [3.8, 4) is 34.4 Å². The van der Waals surface area contributed by atoms with Gasteiger partial charge in [0.05, 0.1) is 46.3 Å². The van der Waals surface area contributed by atoms with Crippen molar-refractivity contribution in [2.45, 2.75) is 86.0 Å². The van der Waals surface area contributed by atoms with Crippen LogP contribution in [0.15, 0.2) is 170 Å². The number of anilines is 5. The molecule has 6 aromatic carbocycles. The summed E-state index contributed by atoms with van der Waals surface area (Å²) in [7, 11) is 1.49. The standard InChI is InChI=1S/C34H35N5O4.C30H30N6O2.C3H5ClO/c1-22-10-12-24(13-11-22)39-32(20-31(38-39)34(2,3)4)37-33(41)36-29-14-15-30(28-9-7-6-8-27(28)29)43-26-16-17-35-23(19-26)18-25(40)21-42-5;1-19-9-11-20(12-10-19)36-28(18-26(35-36)30(2,3)4)34-29(37)33-24-13-14-25(23-8-6-5-7-22(23)24)38-21-15-16-32-27(31)17-21;1-2-3(4)5/h6-17,19-20H,18,21H2,1-5H3,(H2,36,37,41);5-18H,1-4H3,(H2,31,32)(H2,33,34,37);2H2,1H3. The third kappa shape index (κ3) is 16.5. The molecule has 442 valence electrons. The van der Waals surface area contributed by atoms with Crippen LogP contribution in [-0.4, -0.2) is 66.3 Å². The van der Waals surface area contributed by atoms with Crippen LogP contribution in [0.5, 0.6) is 23.0 Å². The SMILES string of the molecule is CCC(=O)Cl.COCC(=O)Cc1cc(Oc2ccc(NC(=O)Nc3cc(C(C)(C)C)nn3-c3ccc(C)cc3)c3ccccc23)ccn1.Cc1ccc(-n2nc(C(C)(C)C)cc2NC(=O)Nc2ccc(Oc3ccnc(N)c3)c3ccccc23)cc1. The van der Waals surface area contributed by atoms with Gasteiger partial charge in [-0.3, -0.25) is 25.2 Å². The van der Waals surface area contributed by atoms with Gasteiger partial charge in [-0.05, 0) is 86.1 Å². The first-order valence-corrected chi connectivity index (χ1v) is 28.2. The second-order valence-corrected chi connectivity index (χ2v) is 22.7. The third-order valence-electron chi connectivity index (χ3n) is 13.2. The number of halogens is 1. The summed E-state index contributed by atoms with van der Waals surface area (Å²) < 4.78 is 20.7. The Morgan fingerprint density at radius 3 is 1.37 bits per heavy atom. The van der Waals surface area contributed by atoms with E-state index in [-0.39, 0.29) is 40.9 Å². The molecule has 10 rings (SSSR count). The van der Waals surface area contributed by atoms with Crippen LogP contribution in [0, 0.1) is 13.8 Å². The highest BCUT2D eigenvalue weighted by atomic mass is 35.5. The van der Waals surface area contributed by atoms with E-state index < -0.39 is 6.03 Å². The van der Waals surface area contributed by atoms with Gasteiger partial charge in [0, 0.05) is 82.6 Å². The Kier molecular flexibility index (Phi) is 20.0. The smallest absolute Gasteiger partial charge is 0.324 e. The number of nitrogens with two attached hydrogens (primary N) is 1. The van der Waals surface area contributed by atoms with Crippen LogP contribution in [0.1, 0.15) is 83.1 Å². The maximum atomic E-state index is 13.3. The van der Waals surface area contributed by atoms with Crippen LogP contribution >= 0.6 is 11.6 Å². The van der Waals surface area contributed by atoms with Crippen molar-refractivity contribution in [3.63, 3.8) is 0 Å². The van der Waals surface area contributed by atoms with Gasteiger partial charge in [-0.2, -0.15) is 10.2 Å². The minimum absolute atomic E-state index is 0.0332. The van der Waals surface area contributed by atoms with Crippen molar-refractivity contribution in [2.24, 2.45) is 0 Å². The number of hydrogen-bond donors (Lipinski definition) is 5. The molecule has 18 nitrogen and oxygen atoms in total. The number of Topliss-reactive ketones (excluding diaryl/α,β-unsaturated/α-hetero) is 1. The van der Waals surface area contributed by atoms with Crippen LogP contribution in [0.3, 0.4) is 0 Å². The number of benzene rings is 6. The molecule has 19 heteroatoms. The van der Waals surface area contributed by atoms with Gasteiger partial charge in [-0.15, -0.1) is 0 Å². The third-order valence-corrected chi connectivity index (χ3v) is 13.5. The van der Waals surface area contributed by atoms with E-state index in [0.717, 1.165) is 55.4 Å². The van der Waals surface area contributed by atoms with Gasteiger partial charge in [0.25, 0.3) is 0 Å². The van der Waals surface area contributed by atoms with Crippen LogP contribution in [-0.2, 0) is 31.6 Å². The quantitative estimate of drug-likeness (QED) is 0.0604. The highest BCUT2D eigenvalue weighted by Gasteiger charge is 2.24. The van der Waals surface area contributed by atoms with Crippen molar-refractivity contribution in [2.75, 3.05) is 40.7 Å². The molecular formula is C67H70ClN11O7. The number of ketones is 1. The van der Waals surface area contributed by atoms with Crippen molar-refractivity contribution in [1.29, 1.82) is 0 Å². The van der Waals surface area contributed by atoms with Crippen LogP contribution < -0.4 is 36.5 Å². The number of hydrogen-bond acceptors (Lipinski definition) is 12. The molecule has 0 aliphatic heterocycles. The fourth-order valence-electron chi connectivity index (χ4n) is 8.69. The monoisotopic (exact) mass is 1180 g/mol. The summed E-state index contributed by atoms with van der Waals surface area (Å²) in [6, 6.07) is 48.6. The number of ether oxygens (including phenoxy) is 3. The van der Waals surface area contributed by atoms with Gasteiger partial charge >= 0.3 is 12.1 Å². The van der Waals surface area contributed by atoms with Crippen LogP contribution in [0.25, 0.3) is 32.9 Å². The number of nitrogens with one attached hydrogen (secondary N) is 4. The maximum absolute atomic E-state index is 13.3. The summed E-state index contributed by atoms with van der Waals surface area (Å²) in [4.78, 5) is 56.4. The van der Waals surface area contributed by atoms with Crippen molar-refractivity contribution < 1.29 is 33.4 Å². The number of methoxy groups -OCH3 is 1. The fourth-order valence-corrected chi connectivity index (χ4v) is 8.69. The molecule has 0 saturated heterocycles. The zero-order valence-corrected chi connectivity index (χ0v) is 50.5. The number of pyridine rings is 2. The Hall–Kier alpha value is -9.91. The molecule has 4 amide bonds. The molecule has 0 radical (unpaired) electrons. The number of aryl methyl sites for hydroxylation is 2. The van der Waals surface area contributed by atoms with Gasteiger partial charge in [0.15, 0.2) is 5.78 Å². The average Bonchev–Trinajstić information content (AvgIpc) is 2.10. The van der Waals surface area contributed by atoms with E-state index in [4.69, 9.17) is 41.7 Å². The first-order valence-electron chi connectivity index (χ1n) is 27.8. The van der Waals surface area contributed by atoms with E-state index >= 15 is 0 Å². The number of nitrogens with zero attached hydrogens (tertiary/aromatic N) is 6. The van der Waals surface area contributed by atoms with E-state index in [1.54, 1.807) is 59.0 Å². The maximum Gasteiger partial charge on any atom is 0.324 e. The van der Waals surface area contributed by atoms with Crippen molar-refractivity contribution >= 4 is 85.1 Å². The Bertz CT molecular complexity index is 4040. The molecule has 0 spiro atoms. The second kappa shape index (κ2) is 27.7. The highest BCUT2D eigenvalue weighted by Crippen LogP contribution is 2.37. The van der Waals surface area contributed by atoms with Gasteiger partial charge in [-0.1, -0.05) is 132 Å². The molecule has 0 atom stereocenters. The van der Waals surface area contributed by atoms with E-state index in [2.05, 4.69) is 72.8 Å². The first kappa shape index (κ1) is 62.1. The number of fused-ring (bicyclic) bond motifs is 2. The Labute approximate surface area is 505 Å². The first-order chi connectivity index (χ1) is 41.0. The molecule has 0 bridgehead atoms. The van der Waals surface area contributed by atoms with E-state index in [1.807, 2.05) is 141 Å². The molecular weight excluding hydrogens is 1110 g/mol. The van der Waals surface area contributed by atoms with E-state index in [9.17, 15) is 19.2 Å². The topological polar surface area (TPSA) is 232 Å². The zero-order valence-electron chi connectivity index (χ0n) is 49.8. The molecule has 86 heavy (non-hydrogen) atoms. The van der Waals surface area contributed by atoms with Gasteiger partial charge in [-0.25, -0.2) is 23.9 Å². The summed E-state index contributed by atoms with van der Waals surface area (Å²) in [5.41, 5.74) is 13.0. The van der Waals surface area contributed by atoms with Gasteiger partial charge in [0.1, 0.15) is 47.1 Å². The molecule has 4 aromatic heterocycles. The van der Waals surface area contributed by atoms with Crippen LogP contribution in [0.2, 0.25) is 0 Å². The Morgan fingerprint density at radius 1 is 0.547 bits per heavy atom. The van der Waals surface area contributed by atoms with Crippen LogP contribution in [0.4, 0.5) is 38.4 Å². The number of rotatable bonds is 15. The number of aromatic nitrogens is 6. The van der Waals surface area contributed by atoms with E-state index in [1.165, 1.54) is 7.11 Å². The molecule has 6 N–H and O–H groups in total. The van der Waals surface area contributed by atoms with Gasteiger partial charge < -0.3 is 30.6 Å². The number of urea groups is 2. The Balaban J connectivity index is 0.000000208. The van der Waals surface area contributed by atoms with Crippen molar-refractivity contribution in [1.82, 2.24) is 29.5 Å². The average molecular weight is 1180 g/mol. The molecule has 0 fully saturated rings. The highest BCUT2D eigenvalue weighted by molar-refractivity contribution is 6.63. The summed E-state index contributed by atoms with van der Waals surface area (Å²) in [5.74, 6) is 3.84. The summed E-state index contributed by atoms with van der Waals surface area (Å²) in [6.07, 6.45) is 3.80. The van der Waals surface area contributed by atoms with Gasteiger partial charge in [0.2, 0.25) is 5.24 Å². The van der Waals surface area contributed by atoms with Crippen molar-refractivity contribution in [3.05, 3.63) is 198 Å². The fraction of sp³-hybridized carbons (Fsp3) is 0.224. The second-order valence-electron chi connectivity index (χ2n) is 22.3. The lowest BCUT2D eigenvalue weighted by molar-refractivity contribution is -0.122. The minimum atomic E-state index is -0.396. The summed E-state index contributed by atoms with van der Waals surface area (Å²) in [6.45, 7) is 18.3. The predicted molar refractivity (Wildman–Crippen MR) is 342 cm³/mol. The number of amides is 4. The molecule has 4 heterocycles. The summed E-state index contributed by atoms with van der Waals surface area (Å²) >= 11 is 4.82. The molecule has 0 unspecified atom stereocenters. The normalized spacial score (nSPS) is 11.2. The molecule has 0 aliphatic rings. The minimum Gasteiger partial charge on any atom is -0.457 e. The number of carbonyl (C=O) groups is 4. The predicted octanol–water partition coefficient (Wildman–Crippen LogP) is 15.4. The summed E-state index contributed by atoms with van der Waals surface area (Å²) in [5, 5.41) is 24.6. The molecule has 0 aliphatic carbocycles.